The first-order chi connectivity index (χ1) is 15.2. The minimum Gasteiger partial charge on any atom is -0.368 e. The molecule has 6 nitrogen and oxygen atoms in total. The summed E-state index contributed by atoms with van der Waals surface area (Å²) in [6.45, 7) is 3.67. The van der Waals surface area contributed by atoms with Crippen molar-refractivity contribution in [2.24, 2.45) is 17.4 Å². The van der Waals surface area contributed by atoms with Crippen molar-refractivity contribution in [2.75, 3.05) is 0 Å². The second-order valence-corrected chi connectivity index (χ2v) is 10.3. The number of aromatic nitrogens is 1. The molecule has 1 aliphatic carbocycles. The number of nitrogens with two attached hydrogens (primary N) is 2. The number of carbonyl (C=O) groups excluding carboxylic acids is 2. The SMILES string of the molecule is CCC(=O)NC(Cc1nc(C)c(-c2cccc(Cl)c2)s1)(C(N)=O)[C@@H](N)CC1CCCCC1. The van der Waals surface area contributed by atoms with E-state index in [-0.39, 0.29) is 18.7 Å². The number of hydrogen-bond acceptors (Lipinski definition) is 5. The summed E-state index contributed by atoms with van der Waals surface area (Å²) in [6, 6.07) is 7.00. The standard InChI is InChI=1S/C24H33ClN4O2S/c1-3-20(30)29-24(23(27)31,19(26)12-16-8-5-4-6-9-16)14-21-28-15(2)22(32-21)17-10-7-11-18(25)13-17/h7,10-11,13,16,19H,3-6,8-9,12,14,26H2,1-2H3,(H2,27,31)(H,29,30)/t19-,24?/m0/s1. The number of rotatable bonds is 9. The quantitative estimate of drug-likeness (QED) is 0.499. The van der Waals surface area contributed by atoms with Gasteiger partial charge in [-0.25, -0.2) is 4.98 Å². The fraction of sp³-hybridized carbons (Fsp3) is 0.542. The van der Waals surface area contributed by atoms with E-state index in [0.717, 1.165) is 29.0 Å². The van der Waals surface area contributed by atoms with Gasteiger partial charge in [0.2, 0.25) is 11.8 Å². The summed E-state index contributed by atoms with van der Waals surface area (Å²) in [6.07, 6.45) is 6.86. The highest BCUT2D eigenvalue weighted by Crippen LogP contribution is 2.35. The minimum absolute atomic E-state index is 0.175. The van der Waals surface area contributed by atoms with Gasteiger partial charge in [-0.1, -0.05) is 62.8 Å². The molecule has 174 valence electrons. The Morgan fingerprint density at radius 2 is 2.03 bits per heavy atom. The van der Waals surface area contributed by atoms with Crippen LogP contribution in [0.5, 0.6) is 0 Å². The Labute approximate surface area is 199 Å². The van der Waals surface area contributed by atoms with Gasteiger partial charge in [0.05, 0.1) is 15.6 Å². The number of amides is 2. The monoisotopic (exact) mass is 476 g/mol. The number of hydrogen-bond donors (Lipinski definition) is 3. The number of aryl methyl sites for hydroxylation is 1. The number of benzene rings is 1. The number of halogens is 1. The number of carbonyl (C=O) groups is 2. The predicted molar refractivity (Wildman–Crippen MR) is 131 cm³/mol. The van der Waals surface area contributed by atoms with E-state index < -0.39 is 17.5 Å². The molecule has 5 N–H and O–H groups in total. The predicted octanol–water partition coefficient (Wildman–Crippen LogP) is 4.36. The van der Waals surface area contributed by atoms with Crippen molar-refractivity contribution in [1.29, 1.82) is 0 Å². The maximum Gasteiger partial charge on any atom is 0.245 e. The van der Waals surface area contributed by atoms with Gasteiger partial charge in [-0.3, -0.25) is 9.59 Å². The highest BCUT2D eigenvalue weighted by atomic mass is 35.5. The third kappa shape index (κ3) is 5.69. The Kier molecular flexibility index (Phi) is 8.31. The van der Waals surface area contributed by atoms with Crippen LogP contribution in [0.15, 0.2) is 24.3 Å². The van der Waals surface area contributed by atoms with E-state index in [1.165, 1.54) is 30.6 Å². The van der Waals surface area contributed by atoms with Crippen molar-refractivity contribution in [3.05, 3.63) is 40.0 Å². The smallest absolute Gasteiger partial charge is 0.245 e. The maximum atomic E-state index is 12.9. The fourth-order valence-electron chi connectivity index (χ4n) is 4.58. The Bertz CT molecular complexity index is 957. The van der Waals surface area contributed by atoms with E-state index in [1.807, 2.05) is 31.2 Å². The van der Waals surface area contributed by atoms with Gasteiger partial charge in [-0.15, -0.1) is 11.3 Å². The summed E-state index contributed by atoms with van der Waals surface area (Å²) in [7, 11) is 0. The molecule has 1 aliphatic rings. The molecule has 1 fully saturated rings. The molecule has 32 heavy (non-hydrogen) atoms. The van der Waals surface area contributed by atoms with E-state index in [4.69, 9.17) is 28.1 Å². The first-order valence-corrected chi connectivity index (χ1v) is 12.5. The largest absolute Gasteiger partial charge is 0.368 e. The summed E-state index contributed by atoms with van der Waals surface area (Å²) in [5, 5.41) is 4.26. The van der Waals surface area contributed by atoms with Gasteiger partial charge >= 0.3 is 0 Å². The number of primary amides is 1. The van der Waals surface area contributed by atoms with Crippen molar-refractivity contribution in [3.63, 3.8) is 0 Å². The second-order valence-electron chi connectivity index (χ2n) is 8.79. The lowest BCUT2D eigenvalue weighted by atomic mass is 9.77. The second kappa shape index (κ2) is 10.8. The minimum atomic E-state index is -1.37. The molecule has 8 heteroatoms. The molecular weight excluding hydrogens is 444 g/mol. The third-order valence-electron chi connectivity index (χ3n) is 6.43. The Hall–Kier alpha value is -1.96. The van der Waals surface area contributed by atoms with Gasteiger partial charge in [0, 0.05) is 23.9 Å². The summed E-state index contributed by atoms with van der Waals surface area (Å²) in [4.78, 5) is 31.0. The normalized spacial score (nSPS) is 17.5. The van der Waals surface area contributed by atoms with E-state index in [2.05, 4.69) is 5.32 Å². The van der Waals surface area contributed by atoms with Crippen LogP contribution in [0, 0.1) is 12.8 Å². The van der Waals surface area contributed by atoms with Crippen LogP contribution < -0.4 is 16.8 Å². The van der Waals surface area contributed by atoms with E-state index in [0.29, 0.717) is 22.4 Å². The Morgan fingerprint density at radius 3 is 2.66 bits per heavy atom. The molecule has 1 unspecified atom stereocenters. The molecule has 0 saturated heterocycles. The van der Waals surface area contributed by atoms with Gasteiger partial charge in [0.1, 0.15) is 5.54 Å². The molecule has 1 aromatic heterocycles. The van der Waals surface area contributed by atoms with Crippen molar-refractivity contribution < 1.29 is 9.59 Å². The topological polar surface area (TPSA) is 111 Å². The molecule has 1 heterocycles. The first-order valence-electron chi connectivity index (χ1n) is 11.3. The molecule has 2 amide bonds. The molecule has 0 bridgehead atoms. The van der Waals surface area contributed by atoms with Crippen LogP contribution in [0.25, 0.3) is 10.4 Å². The van der Waals surface area contributed by atoms with Gasteiger partial charge in [-0.05, 0) is 37.0 Å². The zero-order valence-electron chi connectivity index (χ0n) is 18.8. The van der Waals surface area contributed by atoms with Crippen LogP contribution in [0.2, 0.25) is 5.02 Å². The molecule has 2 aromatic rings. The Morgan fingerprint density at radius 1 is 1.31 bits per heavy atom. The molecule has 1 saturated carbocycles. The number of nitrogens with zero attached hydrogens (tertiary/aromatic N) is 1. The lowest BCUT2D eigenvalue weighted by Crippen LogP contribution is -2.68. The van der Waals surface area contributed by atoms with Crippen molar-refractivity contribution in [3.8, 4) is 10.4 Å². The number of nitrogens with one attached hydrogen (secondary N) is 1. The van der Waals surface area contributed by atoms with Gasteiger partial charge in [-0.2, -0.15) is 0 Å². The van der Waals surface area contributed by atoms with E-state index in [9.17, 15) is 9.59 Å². The highest BCUT2D eigenvalue weighted by Gasteiger charge is 2.45. The molecule has 1 aromatic carbocycles. The summed E-state index contributed by atoms with van der Waals surface area (Å²) in [5.41, 5.74) is 13.0. The van der Waals surface area contributed by atoms with Crippen LogP contribution in [-0.4, -0.2) is 28.4 Å². The van der Waals surface area contributed by atoms with Crippen LogP contribution in [0.4, 0.5) is 0 Å². The van der Waals surface area contributed by atoms with Gasteiger partial charge in [0.15, 0.2) is 0 Å². The maximum absolute atomic E-state index is 12.9. The number of thiazole rings is 1. The summed E-state index contributed by atoms with van der Waals surface area (Å²) in [5.74, 6) is -0.415. The van der Waals surface area contributed by atoms with Crippen molar-refractivity contribution >= 4 is 34.8 Å². The van der Waals surface area contributed by atoms with E-state index in [1.54, 1.807) is 6.92 Å². The molecule has 0 aliphatic heterocycles. The molecule has 0 spiro atoms. The summed E-state index contributed by atoms with van der Waals surface area (Å²) >= 11 is 7.65. The van der Waals surface area contributed by atoms with Crippen LogP contribution in [-0.2, 0) is 16.0 Å². The summed E-state index contributed by atoms with van der Waals surface area (Å²) < 4.78 is 0. The van der Waals surface area contributed by atoms with Crippen molar-refractivity contribution in [1.82, 2.24) is 10.3 Å². The molecule has 0 radical (unpaired) electrons. The van der Waals surface area contributed by atoms with Crippen molar-refractivity contribution in [2.45, 2.75) is 76.8 Å². The highest BCUT2D eigenvalue weighted by molar-refractivity contribution is 7.15. The lowest BCUT2D eigenvalue weighted by molar-refractivity contribution is -0.132. The zero-order chi connectivity index (χ0) is 23.3. The zero-order valence-corrected chi connectivity index (χ0v) is 20.4. The molecule has 2 atom stereocenters. The van der Waals surface area contributed by atoms with Crippen LogP contribution >= 0.6 is 22.9 Å². The fourth-order valence-corrected chi connectivity index (χ4v) is 5.93. The Balaban J connectivity index is 1.93. The van der Waals surface area contributed by atoms with E-state index >= 15 is 0 Å². The van der Waals surface area contributed by atoms with Gasteiger partial charge in [0.25, 0.3) is 0 Å². The van der Waals surface area contributed by atoms with Crippen LogP contribution in [0.3, 0.4) is 0 Å². The lowest BCUT2D eigenvalue weighted by Gasteiger charge is -2.38. The average Bonchev–Trinajstić information content (AvgIpc) is 3.13. The first kappa shape index (κ1) is 24.7. The third-order valence-corrected chi connectivity index (χ3v) is 7.87. The average molecular weight is 477 g/mol. The van der Waals surface area contributed by atoms with Crippen LogP contribution in [0.1, 0.15) is 62.6 Å². The molecule has 3 rings (SSSR count). The van der Waals surface area contributed by atoms with Gasteiger partial charge < -0.3 is 16.8 Å². The molecular formula is C24H33ClN4O2S.